The number of carbonyl (C=O) groups excluding carboxylic acids is 1. The van der Waals surface area contributed by atoms with Gasteiger partial charge in [0, 0.05) is 31.6 Å². The third-order valence-corrected chi connectivity index (χ3v) is 5.97. The molecule has 1 aliphatic carbocycles. The number of likely N-dealkylation sites (tertiary alicyclic amines) is 1. The highest BCUT2D eigenvalue weighted by Gasteiger charge is 2.40. The summed E-state index contributed by atoms with van der Waals surface area (Å²) in [5, 5.41) is 11.5. The summed E-state index contributed by atoms with van der Waals surface area (Å²) in [5.74, 6) is 0.933. The Labute approximate surface area is 160 Å². The van der Waals surface area contributed by atoms with E-state index in [-0.39, 0.29) is 11.3 Å². The van der Waals surface area contributed by atoms with Crippen molar-refractivity contribution >= 4 is 11.7 Å². The number of amides is 1. The average molecular weight is 365 g/mol. The number of nitrogens with two attached hydrogens (primary N) is 1. The molecular formula is C21H27N5O. The molecule has 3 N–H and O–H groups in total. The van der Waals surface area contributed by atoms with Crippen molar-refractivity contribution in [1.29, 1.82) is 0 Å². The summed E-state index contributed by atoms with van der Waals surface area (Å²) in [6, 6.07) is 14.6. The fraction of sp³-hybridized carbons (Fsp3) is 0.476. The summed E-state index contributed by atoms with van der Waals surface area (Å²) >= 11 is 0. The molecule has 0 radical (unpaired) electrons. The van der Waals surface area contributed by atoms with E-state index >= 15 is 0 Å². The molecule has 0 spiro atoms. The van der Waals surface area contributed by atoms with Gasteiger partial charge in [0.05, 0.1) is 0 Å². The van der Waals surface area contributed by atoms with Crippen LogP contribution in [0.25, 0.3) is 0 Å². The normalized spacial score (nSPS) is 23.8. The largest absolute Gasteiger partial charge is 0.382 e. The second-order valence-electron chi connectivity index (χ2n) is 8.19. The second-order valence-corrected chi connectivity index (χ2v) is 8.19. The number of hydrogen-bond acceptors (Lipinski definition) is 5. The monoisotopic (exact) mass is 365 g/mol. The number of anilines is 1. The van der Waals surface area contributed by atoms with E-state index in [1.165, 1.54) is 12.0 Å². The Bertz CT molecular complexity index is 784. The fourth-order valence-electron chi connectivity index (χ4n) is 3.91. The van der Waals surface area contributed by atoms with Gasteiger partial charge in [-0.2, -0.15) is 0 Å². The van der Waals surface area contributed by atoms with Crippen molar-refractivity contribution in [2.45, 2.75) is 38.1 Å². The van der Waals surface area contributed by atoms with Crippen LogP contribution < -0.4 is 11.1 Å². The Morgan fingerprint density at radius 3 is 2.59 bits per heavy atom. The molecule has 1 saturated carbocycles. The molecule has 27 heavy (non-hydrogen) atoms. The Kier molecular flexibility index (Phi) is 4.83. The fourth-order valence-corrected chi connectivity index (χ4v) is 3.91. The van der Waals surface area contributed by atoms with Crippen molar-refractivity contribution in [2.24, 2.45) is 5.41 Å². The summed E-state index contributed by atoms with van der Waals surface area (Å²) in [4.78, 5) is 14.4. The summed E-state index contributed by atoms with van der Waals surface area (Å²) in [6.07, 6.45) is 3.22. The van der Waals surface area contributed by atoms with Crippen molar-refractivity contribution in [2.75, 3.05) is 25.4 Å². The topological polar surface area (TPSA) is 84.1 Å². The zero-order valence-electron chi connectivity index (χ0n) is 15.8. The van der Waals surface area contributed by atoms with Crippen LogP contribution in [-0.4, -0.2) is 46.7 Å². The predicted molar refractivity (Wildman–Crippen MR) is 105 cm³/mol. The van der Waals surface area contributed by atoms with Gasteiger partial charge in [0.2, 0.25) is 0 Å². The molecule has 1 saturated heterocycles. The number of piperidine rings is 1. The van der Waals surface area contributed by atoms with Crippen LogP contribution in [0.15, 0.2) is 42.5 Å². The maximum absolute atomic E-state index is 12.6. The molecule has 2 unspecified atom stereocenters. The Morgan fingerprint density at radius 1 is 1.19 bits per heavy atom. The summed E-state index contributed by atoms with van der Waals surface area (Å²) in [6.45, 7) is 4.85. The van der Waals surface area contributed by atoms with Crippen LogP contribution in [0, 0.1) is 5.41 Å². The Hall–Kier alpha value is -2.47. The maximum atomic E-state index is 12.6. The summed E-state index contributed by atoms with van der Waals surface area (Å²) < 4.78 is 0. The molecule has 6 heteroatoms. The first-order valence-electron chi connectivity index (χ1n) is 9.71. The molecule has 1 aromatic heterocycles. The first-order chi connectivity index (χ1) is 13.0. The molecule has 1 amide bonds. The lowest BCUT2D eigenvalue weighted by Crippen LogP contribution is -2.46. The van der Waals surface area contributed by atoms with Gasteiger partial charge < -0.3 is 16.0 Å². The lowest BCUT2D eigenvalue weighted by molar-refractivity contribution is 0.0598. The van der Waals surface area contributed by atoms with Crippen LogP contribution >= 0.6 is 0 Å². The number of hydrogen-bond donors (Lipinski definition) is 2. The van der Waals surface area contributed by atoms with E-state index in [4.69, 9.17) is 5.73 Å². The highest BCUT2D eigenvalue weighted by atomic mass is 16.2. The molecule has 142 valence electrons. The molecule has 2 heterocycles. The van der Waals surface area contributed by atoms with Gasteiger partial charge in [-0.15, -0.1) is 10.2 Å². The van der Waals surface area contributed by atoms with Crippen molar-refractivity contribution in [3.63, 3.8) is 0 Å². The first kappa shape index (κ1) is 17.9. The first-order valence-corrected chi connectivity index (χ1v) is 9.71. The lowest BCUT2D eigenvalue weighted by Gasteiger charge is -2.39. The van der Waals surface area contributed by atoms with Crippen molar-refractivity contribution in [1.82, 2.24) is 20.4 Å². The van der Waals surface area contributed by atoms with Crippen LogP contribution in [0.1, 0.15) is 48.2 Å². The number of carbonyl (C=O) groups is 1. The molecule has 0 bridgehead atoms. The number of benzene rings is 1. The third kappa shape index (κ3) is 4.11. The molecule has 2 aromatic rings. The quantitative estimate of drug-likeness (QED) is 0.850. The molecule has 2 atom stereocenters. The van der Waals surface area contributed by atoms with Gasteiger partial charge in [0.1, 0.15) is 5.82 Å². The Morgan fingerprint density at radius 2 is 1.93 bits per heavy atom. The minimum Gasteiger partial charge on any atom is -0.382 e. The maximum Gasteiger partial charge on any atom is 0.274 e. The van der Waals surface area contributed by atoms with Crippen LogP contribution in [0.3, 0.4) is 0 Å². The SMILES string of the molecule is CC1(CNC2CC2c2ccccc2)CCN(C(=O)c2ccc(N)nn2)CC1. The number of aromatic nitrogens is 2. The van der Waals surface area contributed by atoms with Gasteiger partial charge >= 0.3 is 0 Å². The minimum atomic E-state index is -0.0520. The minimum absolute atomic E-state index is 0.0520. The van der Waals surface area contributed by atoms with Crippen LogP contribution in [0.4, 0.5) is 5.82 Å². The van der Waals surface area contributed by atoms with Crippen LogP contribution in [0.2, 0.25) is 0 Å². The predicted octanol–water partition coefficient (Wildman–Crippen LogP) is 2.45. The molecular weight excluding hydrogens is 338 g/mol. The van der Waals surface area contributed by atoms with Gasteiger partial charge in [-0.25, -0.2) is 0 Å². The smallest absolute Gasteiger partial charge is 0.274 e. The number of nitrogens with zero attached hydrogens (tertiary/aromatic N) is 3. The average Bonchev–Trinajstić information content (AvgIpc) is 3.48. The number of rotatable bonds is 5. The standard InChI is InChI=1S/C21H27N5O/c1-21(14-23-18-13-16(18)15-5-3-2-4-6-15)9-11-26(12-10-21)20(27)17-7-8-19(22)25-24-17/h2-8,16,18,23H,9-14H2,1H3,(H2,22,25). The second kappa shape index (κ2) is 7.27. The van der Waals surface area contributed by atoms with E-state index in [1.807, 2.05) is 4.90 Å². The van der Waals surface area contributed by atoms with E-state index in [2.05, 4.69) is 52.8 Å². The van der Waals surface area contributed by atoms with E-state index in [9.17, 15) is 4.79 Å². The molecule has 4 rings (SSSR count). The number of nitrogens with one attached hydrogen (secondary N) is 1. The van der Waals surface area contributed by atoms with Crippen molar-refractivity contribution < 1.29 is 4.79 Å². The van der Waals surface area contributed by atoms with Gasteiger partial charge in [0.25, 0.3) is 5.91 Å². The molecule has 6 nitrogen and oxygen atoms in total. The van der Waals surface area contributed by atoms with Crippen molar-refractivity contribution in [3.8, 4) is 0 Å². The number of nitrogen functional groups attached to an aromatic ring is 1. The van der Waals surface area contributed by atoms with Crippen molar-refractivity contribution in [3.05, 3.63) is 53.7 Å². The van der Waals surface area contributed by atoms with E-state index in [0.717, 1.165) is 32.5 Å². The molecule has 2 fully saturated rings. The summed E-state index contributed by atoms with van der Waals surface area (Å²) in [7, 11) is 0. The van der Waals surface area contributed by atoms with Gasteiger partial charge in [-0.3, -0.25) is 4.79 Å². The van der Waals surface area contributed by atoms with Gasteiger partial charge in [-0.05, 0) is 42.4 Å². The highest BCUT2D eigenvalue weighted by molar-refractivity contribution is 5.92. The van der Waals surface area contributed by atoms with Gasteiger partial charge in [-0.1, -0.05) is 37.3 Å². The summed E-state index contributed by atoms with van der Waals surface area (Å²) in [5.41, 5.74) is 7.58. The van der Waals surface area contributed by atoms with E-state index in [1.54, 1.807) is 12.1 Å². The zero-order valence-corrected chi connectivity index (χ0v) is 15.8. The van der Waals surface area contributed by atoms with Gasteiger partial charge in [0.15, 0.2) is 5.69 Å². The lowest BCUT2D eigenvalue weighted by atomic mass is 9.80. The Balaban J connectivity index is 1.26. The molecule has 1 aliphatic heterocycles. The van der Waals surface area contributed by atoms with E-state index < -0.39 is 0 Å². The van der Waals surface area contributed by atoms with Crippen LogP contribution in [0.5, 0.6) is 0 Å². The third-order valence-electron chi connectivity index (χ3n) is 5.97. The molecule has 2 aliphatic rings. The highest BCUT2D eigenvalue weighted by Crippen LogP contribution is 2.41. The van der Waals surface area contributed by atoms with E-state index in [0.29, 0.717) is 23.5 Å². The zero-order chi connectivity index (χ0) is 18.9. The molecule has 1 aromatic carbocycles. The van der Waals surface area contributed by atoms with Crippen LogP contribution in [-0.2, 0) is 0 Å².